The summed E-state index contributed by atoms with van der Waals surface area (Å²) in [6, 6.07) is 11.6. The number of amides is 2. The van der Waals surface area contributed by atoms with Crippen LogP contribution in [0, 0.1) is 0 Å². The Morgan fingerprint density at radius 2 is 1.82 bits per heavy atom. The number of nitrogens with two attached hydrogens (primary N) is 1. The Bertz CT molecular complexity index is 773. The number of benzene rings is 2. The van der Waals surface area contributed by atoms with Gasteiger partial charge in [-0.15, -0.1) is 0 Å². The first-order chi connectivity index (χ1) is 10.3. The number of hydrogen-bond acceptors (Lipinski definition) is 4. The van der Waals surface area contributed by atoms with Crippen molar-refractivity contribution >= 4 is 21.7 Å². The average Bonchev–Trinajstić information content (AvgIpc) is 2.45. The first-order valence-electron chi connectivity index (χ1n) is 6.30. The average molecular weight is 321 g/mol. The Hall–Kier alpha value is -2.58. The third-order valence-corrected chi connectivity index (χ3v) is 3.74. The molecule has 0 aliphatic heterocycles. The number of nitrogens with one attached hydrogen (secondary N) is 2. The van der Waals surface area contributed by atoms with Crippen LogP contribution in [0.2, 0.25) is 0 Å². The van der Waals surface area contributed by atoms with E-state index in [0.29, 0.717) is 5.69 Å². The van der Waals surface area contributed by atoms with Crippen molar-refractivity contribution in [3.8, 4) is 5.75 Å². The van der Waals surface area contributed by atoms with E-state index in [0.717, 1.165) is 5.56 Å². The number of rotatable bonds is 4. The highest BCUT2D eigenvalue weighted by atomic mass is 32.2. The molecule has 0 saturated carbocycles. The summed E-state index contributed by atoms with van der Waals surface area (Å²) < 4.78 is 22.2. The van der Waals surface area contributed by atoms with Gasteiger partial charge in [0.15, 0.2) is 0 Å². The topological polar surface area (TPSA) is 122 Å². The molecule has 8 heteroatoms. The molecule has 0 saturated heterocycles. The molecule has 0 radical (unpaired) electrons. The molecule has 2 rings (SSSR count). The van der Waals surface area contributed by atoms with Crippen molar-refractivity contribution in [3.05, 3.63) is 54.1 Å². The smallest absolute Gasteiger partial charge is 0.319 e. The number of carbonyl (C=O) groups is 1. The number of phenolic OH excluding ortho intramolecular Hbond substituents is 1. The Morgan fingerprint density at radius 1 is 1.14 bits per heavy atom. The quantitative estimate of drug-likeness (QED) is 0.679. The van der Waals surface area contributed by atoms with Gasteiger partial charge in [0.05, 0.1) is 4.90 Å². The van der Waals surface area contributed by atoms with E-state index in [1.54, 1.807) is 24.3 Å². The van der Waals surface area contributed by atoms with Gasteiger partial charge in [0.2, 0.25) is 10.0 Å². The summed E-state index contributed by atoms with van der Waals surface area (Å²) in [7, 11) is -3.72. The normalized spacial score (nSPS) is 11.0. The van der Waals surface area contributed by atoms with Crippen LogP contribution in [0.25, 0.3) is 0 Å². The van der Waals surface area contributed by atoms with Crippen LogP contribution < -0.4 is 15.8 Å². The van der Waals surface area contributed by atoms with E-state index in [-0.39, 0.29) is 17.2 Å². The standard InChI is InChI=1S/C14H15N3O4S/c15-22(20,21)13-6-4-10(5-7-13)9-16-14(19)17-11-2-1-3-12(18)8-11/h1-8,18H,9H2,(H2,15,20,21)(H2,16,17,19). The molecule has 0 fully saturated rings. The van der Waals surface area contributed by atoms with Crippen LogP contribution in [0.5, 0.6) is 5.75 Å². The van der Waals surface area contributed by atoms with Crippen molar-refractivity contribution < 1.29 is 18.3 Å². The van der Waals surface area contributed by atoms with Crippen molar-refractivity contribution in [2.75, 3.05) is 5.32 Å². The molecule has 0 aromatic heterocycles. The number of aromatic hydroxyl groups is 1. The third kappa shape index (κ3) is 4.47. The summed E-state index contributed by atoms with van der Waals surface area (Å²) in [6.07, 6.45) is 0. The van der Waals surface area contributed by atoms with Gasteiger partial charge in [-0.25, -0.2) is 18.4 Å². The molecule has 22 heavy (non-hydrogen) atoms. The SMILES string of the molecule is NS(=O)(=O)c1ccc(CNC(=O)Nc2cccc(O)c2)cc1. The zero-order chi connectivity index (χ0) is 16.2. The molecule has 0 aliphatic rings. The zero-order valence-corrected chi connectivity index (χ0v) is 12.3. The minimum atomic E-state index is -3.72. The van der Waals surface area contributed by atoms with Gasteiger partial charge in [-0.2, -0.15) is 0 Å². The highest BCUT2D eigenvalue weighted by Gasteiger charge is 2.07. The molecule has 0 heterocycles. The number of carbonyl (C=O) groups excluding carboxylic acids is 1. The van der Waals surface area contributed by atoms with Gasteiger partial charge >= 0.3 is 6.03 Å². The monoisotopic (exact) mass is 321 g/mol. The first-order valence-corrected chi connectivity index (χ1v) is 7.85. The third-order valence-electron chi connectivity index (χ3n) is 2.81. The maximum absolute atomic E-state index is 11.7. The van der Waals surface area contributed by atoms with Crippen LogP contribution in [0.3, 0.4) is 0 Å². The Kier molecular flexibility index (Phi) is 4.64. The van der Waals surface area contributed by atoms with Crippen molar-refractivity contribution in [3.63, 3.8) is 0 Å². The fourth-order valence-electron chi connectivity index (χ4n) is 1.74. The van der Waals surface area contributed by atoms with E-state index in [2.05, 4.69) is 10.6 Å². The molecule has 0 bridgehead atoms. The second kappa shape index (κ2) is 6.46. The number of sulfonamides is 1. The molecule has 7 nitrogen and oxygen atoms in total. The minimum Gasteiger partial charge on any atom is -0.508 e. The van der Waals surface area contributed by atoms with Crippen molar-refractivity contribution in [2.45, 2.75) is 11.4 Å². The summed E-state index contributed by atoms with van der Waals surface area (Å²) >= 11 is 0. The number of hydrogen-bond donors (Lipinski definition) is 4. The van der Waals surface area contributed by atoms with Crippen molar-refractivity contribution in [1.29, 1.82) is 0 Å². The summed E-state index contributed by atoms with van der Waals surface area (Å²) in [6.45, 7) is 0.218. The molecule has 2 aromatic rings. The maximum Gasteiger partial charge on any atom is 0.319 e. The largest absolute Gasteiger partial charge is 0.508 e. The Labute approximate surface area is 127 Å². The van der Waals surface area contributed by atoms with Gasteiger partial charge in [-0.3, -0.25) is 0 Å². The molecular formula is C14H15N3O4S. The summed E-state index contributed by atoms with van der Waals surface area (Å²) in [5.41, 5.74) is 1.18. The lowest BCUT2D eigenvalue weighted by atomic mass is 10.2. The maximum atomic E-state index is 11.7. The fraction of sp³-hybridized carbons (Fsp3) is 0.0714. The molecule has 2 aromatic carbocycles. The van der Waals surface area contributed by atoms with E-state index < -0.39 is 16.1 Å². The second-order valence-corrected chi connectivity index (χ2v) is 6.11. The van der Waals surface area contributed by atoms with Gasteiger partial charge in [0, 0.05) is 18.3 Å². The van der Waals surface area contributed by atoms with E-state index in [1.807, 2.05) is 0 Å². The summed E-state index contributed by atoms with van der Waals surface area (Å²) in [5.74, 6) is 0.0522. The molecule has 5 N–H and O–H groups in total. The first kappa shape index (κ1) is 15.8. The molecule has 2 amide bonds. The highest BCUT2D eigenvalue weighted by molar-refractivity contribution is 7.89. The van der Waals surface area contributed by atoms with Crippen LogP contribution in [0.1, 0.15) is 5.56 Å². The lowest BCUT2D eigenvalue weighted by Gasteiger charge is -2.08. The molecular weight excluding hydrogens is 306 g/mol. The van der Waals surface area contributed by atoms with Gasteiger partial charge in [0.1, 0.15) is 5.75 Å². The molecule has 116 valence electrons. The van der Waals surface area contributed by atoms with Crippen LogP contribution in [0.15, 0.2) is 53.4 Å². The lowest BCUT2D eigenvalue weighted by Crippen LogP contribution is -2.28. The van der Waals surface area contributed by atoms with Gasteiger partial charge in [0.25, 0.3) is 0 Å². The van der Waals surface area contributed by atoms with Gasteiger partial charge < -0.3 is 15.7 Å². The fourth-order valence-corrected chi connectivity index (χ4v) is 2.25. The number of anilines is 1. The van der Waals surface area contributed by atoms with E-state index >= 15 is 0 Å². The molecule has 0 aliphatic carbocycles. The van der Waals surface area contributed by atoms with Crippen LogP contribution in [-0.4, -0.2) is 19.6 Å². The molecule has 0 atom stereocenters. The summed E-state index contributed by atoms with van der Waals surface area (Å²) in [4.78, 5) is 11.7. The van der Waals surface area contributed by atoms with Crippen molar-refractivity contribution in [2.24, 2.45) is 5.14 Å². The minimum absolute atomic E-state index is 0.0143. The number of primary sulfonamides is 1. The Morgan fingerprint density at radius 3 is 2.41 bits per heavy atom. The molecule has 0 unspecified atom stereocenters. The van der Waals surface area contributed by atoms with Gasteiger partial charge in [-0.1, -0.05) is 18.2 Å². The predicted molar refractivity (Wildman–Crippen MR) is 81.8 cm³/mol. The predicted octanol–water partition coefficient (Wildman–Crippen LogP) is 1.36. The number of phenols is 1. The van der Waals surface area contributed by atoms with E-state index in [9.17, 15) is 18.3 Å². The lowest BCUT2D eigenvalue weighted by molar-refractivity contribution is 0.251. The van der Waals surface area contributed by atoms with Crippen LogP contribution in [0.4, 0.5) is 10.5 Å². The second-order valence-electron chi connectivity index (χ2n) is 4.55. The summed E-state index contributed by atoms with van der Waals surface area (Å²) in [5, 5.41) is 19.5. The van der Waals surface area contributed by atoms with E-state index in [1.165, 1.54) is 24.3 Å². The van der Waals surface area contributed by atoms with E-state index in [4.69, 9.17) is 5.14 Å². The number of urea groups is 1. The van der Waals surface area contributed by atoms with Crippen molar-refractivity contribution in [1.82, 2.24) is 5.32 Å². The zero-order valence-electron chi connectivity index (χ0n) is 11.5. The Balaban J connectivity index is 1.91. The van der Waals surface area contributed by atoms with Gasteiger partial charge in [-0.05, 0) is 29.8 Å². The van der Waals surface area contributed by atoms with Crippen LogP contribution in [-0.2, 0) is 16.6 Å². The highest BCUT2D eigenvalue weighted by Crippen LogP contribution is 2.15. The van der Waals surface area contributed by atoms with Crippen LogP contribution >= 0.6 is 0 Å². The molecule has 0 spiro atoms.